The highest BCUT2D eigenvalue weighted by Crippen LogP contribution is 2.25. The molecule has 3 aromatic rings. The molecule has 168 valence electrons. The molecule has 0 bridgehead atoms. The van der Waals surface area contributed by atoms with Crippen molar-refractivity contribution in [3.63, 3.8) is 0 Å². The molecule has 2 aromatic carbocycles. The quantitative estimate of drug-likeness (QED) is 0.502. The number of aromatic amines is 1. The van der Waals surface area contributed by atoms with Crippen molar-refractivity contribution in [2.75, 3.05) is 20.8 Å². The molecule has 0 saturated carbocycles. The Bertz CT molecular complexity index is 1160. The van der Waals surface area contributed by atoms with Crippen molar-refractivity contribution in [3.8, 4) is 5.75 Å². The fourth-order valence-electron chi connectivity index (χ4n) is 3.20. The standard InChI is InChI=1S/C23H23ClN2O6/c1-13-8-14(4-6-18(13)24)22(28)26-20(23(29)31-3)9-15-11-25-19-7-5-16(10-17(15)19)32-12-21(27)30-2/h4-8,10-11,20,25H,9,12H2,1-3H3,(H,26,28). The van der Waals surface area contributed by atoms with Crippen LogP contribution in [-0.4, -0.2) is 49.7 Å². The largest absolute Gasteiger partial charge is 0.482 e. The molecular weight excluding hydrogens is 436 g/mol. The average Bonchev–Trinajstić information content (AvgIpc) is 3.20. The van der Waals surface area contributed by atoms with Gasteiger partial charge in [-0.3, -0.25) is 4.79 Å². The monoisotopic (exact) mass is 458 g/mol. The first kappa shape index (κ1) is 23.1. The number of esters is 2. The maximum atomic E-state index is 12.7. The fourth-order valence-corrected chi connectivity index (χ4v) is 3.32. The molecule has 2 N–H and O–H groups in total. The summed E-state index contributed by atoms with van der Waals surface area (Å²) in [5.41, 5.74) is 2.73. The number of amides is 1. The van der Waals surface area contributed by atoms with Crippen LogP contribution in [0.2, 0.25) is 5.02 Å². The number of carbonyl (C=O) groups is 3. The molecule has 1 amide bonds. The van der Waals surface area contributed by atoms with E-state index in [0.29, 0.717) is 16.3 Å². The molecule has 1 aromatic heterocycles. The lowest BCUT2D eigenvalue weighted by Gasteiger charge is -2.17. The average molecular weight is 459 g/mol. The SMILES string of the molecule is COC(=O)COc1ccc2[nH]cc(CC(NC(=O)c3ccc(Cl)c(C)c3)C(=O)OC)c2c1. The fraction of sp³-hybridized carbons (Fsp3) is 0.261. The van der Waals surface area contributed by atoms with Crippen LogP contribution in [0.25, 0.3) is 10.9 Å². The van der Waals surface area contributed by atoms with E-state index >= 15 is 0 Å². The number of methoxy groups -OCH3 is 2. The maximum Gasteiger partial charge on any atom is 0.343 e. The van der Waals surface area contributed by atoms with Crippen LogP contribution >= 0.6 is 11.6 Å². The topological polar surface area (TPSA) is 107 Å². The highest BCUT2D eigenvalue weighted by atomic mass is 35.5. The van der Waals surface area contributed by atoms with Crippen LogP contribution in [0.15, 0.2) is 42.6 Å². The highest BCUT2D eigenvalue weighted by Gasteiger charge is 2.24. The van der Waals surface area contributed by atoms with Crippen LogP contribution in [0.1, 0.15) is 21.5 Å². The molecule has 0 spiro atoms. The number of hydrogen-bond donors (Lipinski definition) is 2. The highest BCUT2D eigenvalue weighted by molar-refractivity contribution is 6.31. The van der Waals surface area contributed by atoms with Gasteiger partial charge in [-0.15, -0.1) is 0 Å². The lowest BCUT2D eigenvalue weighted by atomic mass is 10.0. The Morgan fingerprint density at radius 2 is 1.88 bits per heavy atom. The van der Waals surface area contributed by atoms with E-state index in [0.717, 1.165) is 22.0 Å². The number of benzene rings is 2. The summed E-state index contributed by atoms with van der Waals surface area (Å²) in [7, 11) is 2.55. The number of hydrogen-bond acceptors (Lipinski definition) is 6. The number of halogens is 1. The van der Waals surface area contributed by atoms with E-state index in [2.05, 4.69) is 15.0 Å². The second-order valence-corrected chi connectivity index (χ2v) is 7.51. The Hall–Kier alpha value is -3.52. The van der Waals surface area contributed by atoms with Gasteiger partial charge in [-0.2, -0.15) is 0 Å². The van der Waals surface area contributed by atoms with Gasteiger partial charge in [-0.05, 0) is 54.4 Å². The summed E-state index contributed by atoms with van der Waals surface area (Å²) in [6, 6.07) is 9.24. The van der Waals surface area contributed by atoms with Crippen molar-refractivity contribution < 1.29 is 28.6 Å². The van der Waals surface area contributed by atoms with Crippen molar-refractivity contribution in [3.05, 3.63) is 64.3 Å². The summed E-state index contributed by atoms with van der Waals surface area (Å²) in [6.07, 6.45) is 1.94. The summed E-state index contributed by atoms with van der Waals surface area (Å²) >= 11 is 6.03. The first-order valence-corrected chi connectivity index (χ1v) is 10.1. The van der Waals surface area contributed by atoms with Crippen molar-refractivity contribution in [2.45, 2.75) is 19.4 Å². The molecule has 8 nitrogen and oxygen atoms in total. The number of ether oxygens (including phenoxy) is 3. The van der Waals surface area contributed by atoms with Crippen LogP contribution in [-0.2, 0) is 25.5 Å². The normalized spacial score (nSPS) is 11.6. The number of nitrogens with one attached hydrogen (secondary N) is 2. The van der Waals surface area contributed by atoms with E-state index in [-0.39, 0.29) is 13.0 Å². The zero-order valence-corrected chi connectivity index (χ0v) is 18.6. The molecule has 0 aliphatic heterocycles. The van der Waals surface area contributed by atoms with E-state index in [1.807, 2.05) is 0 Å². The predicted molar refractivity (Wildman–Crippen MR) is 119 cm³/mol. The van der Waals surface area contributed by atoms with E-state index < -0.39 is 23.9 Å². The van der Waals surface area contributed by atoms with Gasteiger partial charge in [0.2, 0.25) is 0 Å². The molecule has 0 fully saturated rings. The summed E-state index contributed by atoms with van der Waals surface area (Å²) in [5.74, 6) is -1.01. The minimum atomic E-state index is -0.915. The Labute approximate surface area is 189 Å². The molecule has 0 saturated heterocycles. The molecule has 3 rings (SSSR count). The van der Waals surface area contributed by atoms with Crippen LogP contribution in [0.4, 0.5) is 0 Å². The van der Waals surface area contributed by atoms with Crippen LogP contribution < -0.4 is 10.1 Å². The first-order valence-electron chi connectivity index (χ1n) is 9.77. The lowest BCUT2D eigenvalue weighted by molar-refractivity contribution is -0.143. The smallest absolute Gasteiger partial charge is 0.343 e. The van der Waals surface area contributed by atoms with Gasteiger partial charge in [0, 0.05) is 34.1 Å². The summed E-state index contributed by atoms with van der Waals surface area (Å²) in [6.45, 7) is 1.58. The second kappa shape index (κ2) is 10.2. The van der Waals surface area contributed by atoms with Gasteiger partial charge >= 0.3 is 11.9 Å². The molecule has 9 heteroatoms. The van der Waals surface area contributed by atoms with E-state index in [1.165, 1.54) is 14.2 Å². The van der Waals surface area contributed by atoms with Crippen molar-refractivity contribution in [2.24, 2.45) is 0 Å². The van der Waals surface area contributed by atoms with Gasteiger partial charge in [0.15, 0.2) is 6.61 Å². The van der Waals surface area contributed by atoms with Crippen LogP contribution in [0.5, 0.6) is 5.75 Å². The first-order chi connectivity index (χ1) is 15.3. The molecule has 0 radical (unpaired) electrons. The molecule has 0 aliphatic rings. The third-order valence-corrected chi connectivity index (χ3v) is 5.38. The Morgan fingerprint density at radius 3 is 2.56 bits per heavy atom. The van der Waals surface area contributed by atoms with E-state index in [1.54, 1.807) is 49.5 Å². The second-order valence-electron chi connectivity index (χ2n) is 7.10. The molecule has 1 heterocycles. The van der Waals surface area contributed by atoms with Crippen molar-refractivity contribution in [1.82, 2.24) is 10.3 Å². The minimum Gasteiger partial charge on any atom is -0.482 e. The minimum absolute atomic E-state index is 0.186. The number of fused-ring (bicyclic) bond motifs is 1. The van der Waals surface area contributed by atoms with Gasteiger partial charge in [-0.25, -0.2) is 9.59 Å². The van der Waals surface area contributed by atoms with Crippen molar-refractivity contribution >= 4 is 40.3 Å². The number of aromatic nitrogens is 1. The molecule has 1 unspecified atom stereocenters. The number of carbonyl (C=O) groups excluding carboxylic acids is 3. The Morgan fingerprint density at radius 1 is 1.09 bits per heavy atom. The molecular formula is C23H23ClN2O6. The Kier molecular flexibility index (Phi) is 7.37. The van der Waals surface area contributed by atoms with Crippen molar-refractivity contribution in [1.29, 1.82) is 0 Å². The maximum absolute atomic E-state index is 12.7. The summed E-state index contributed by atoms with van der Waals surface area (Å²) in [5, 5.41) is 4.07. The lowest BCUT2D eigenvalue weighted by Crippen LogP contribution is -2.43. The van der Waals surface area contributed by atoms with Gasteiger partial charge < -0.3 is 24.5 Å². The summed E-state index contributed by atoms with van der Waals surface area (Å²) in [4.78, 5) is 39.6. The third kappa shape index (κ3) is 5.39. The zero-order chi connectivity index (χ0) is 23.3. The molecule has 1 atom stereocenters. The number of rotatable bonds is 8. The molecule has 0 aliphatic carbocycles. The van der Waals surface area contributed by atoms with Gasteiger partial charge in [0.1, 0.15) is 11.8 Å². The number of aryl methyl sites for hydroxylation is 1. The molecule has 32 heavy (non-hydrogen) atoms. The van der Waals surface area contributed by atoms with Gasteiger partial charge in [0.25, 0.3) is 5.91 Å². The van der Waals surface area contributed by atoms with E-state index in [4.69, 9.17) is 21.1 Å². The van der Waals surface area contributed by atoms with Crippen LogP contribution in [0, 0.1) is 6.92 Å². The number of H-pyrrole nitrogens is 1. The van der Waals surface area contributed by atoms with Crippen LogP contribution in [0.3, 0.4) is 0 Å². The zero-order valence-electron chi connectivity index (χ0n) is 17.9. The van der Waals surface area contributed by atoms with Gasteiger partial charge in [0.05, 0.1) is 14.2 Å². The predicted octanol–water partition coefficient (Wildman–Crippen LogP) is 3.20. The Balaban J connectivity index is 1.81. The van der Waals surface area contributed by atoms with Gasteiger partial charge in [-0.1, -0.05) is 11.6 Å². The van der Waals surface area contributed by atoms with E-state index in [9.17, 15) is 14.4 Å². The summed E-state index contributed by atoms with van der Waals surface area (Å²) < 4.78 is 14.9. The third-order valence-electron chi connectivity index (χ3n) is 4.96.